The molecule has 0 unspecified atom stereocenters. The summed E-state index contributed by atoms with van der Waals surface area (Å²) in [6, 6.07) is 3.42. The predicted octanol–water partition coefficient (Wildman–Crippen LogP) is 4.10. The van der Waals surface area contributed by atoms with E-state index in [1.54, 1.807) is 44.6 Å². The number of methoxy groups -OCH3 is 2. The van der Waals surface area contributed by atoms with Crippen molar-refractivity contribution in [2.24, 2.45) is 5.92 Å². The zero-order valence-corrected chi connectivity index (χ0v) is 21.2. The summed E-state index contributed by atoms with van der Waals surface area (Å²) in [5, 5.41) is 0.427. The first-order valence-electron chi connectivity index (χ1n) is 12.2. The van der Waals surface area contributed by atoms with Crippen LogP contribution in [0.5, 0.6) is 11.5 Å². The highest BCUT2D eigenvalue weighted by atomic mass is 35.5. The van der Waals surface area contributed by atoms with Crippen LogP contribution < -0.4 is 19.3 Å². The number of nitrogens with zero attached hydrogens (tertiary/aromatic N) is 6. The Hall–Kier alpha value is -3.07. The zero-order chi connectivity index (χ0) is 24.5. The molecular formula is C25H31ClN6O3. The number of aromatic nitrogens is 4. The first-order chi connectivity index (χ1) is 17.0. The normalized spacial score (nSPS) is 18.2. The van der Waals surface area contributed by atoms with Crippen LogP contribution in [-0.2, 0) is 17.8 Å². The molecule has 1 atom stereocenters. The Kier molecular flexibility index (Phi) is 6.69. The summed E-state index contributed by atoms with van der Waals surface area (Å²) in [4.78, 5) is 31.5. The fourth-order valence-corrected chi connectivity index (χ4v) is 5.46. The predicted molar refractivity (Wildman–Crippen MR) is 136 cm³/mol. The van der Waals surface area contributed by atoms with Crippen molar-refractivity contribution < 1.29 is 14.3 Å². The van der Waals surface area contributed by atoms with Crippen LogP contribution in [0.3, 0.4) is 0 Å². The number of piperidine rings is 1. The van der Waals surface area contributed by atoms with E-state index in [2.05, 4.69) is 19.4 Å². The maximum Gasteiger partial charge on any atom is 0.231 e. The second kappa shape index (κ2) is 9.89. The maximum atomic E-state index is 13.6. The summed E-state index contributed by atoms with van der Waals surface area (Å²) < 4.78 is 13.1. The minimum absolute atomic E-state index is 0.0140. The van der Waals surface area contributed by atoms with Crippen molar-refractivity contribution in [2.45, 2.75) is 45.1 Å². The molecule has 1 aromatic carbocycles. The van der Waals surface area contributed by atoms with Gasteiger partial charge in [0.1, 0.15) is 23.7 Å². The molecule has 0 aliphatic carbocycles. The van der Waals surface area contributed by atoms with Gasteiger partial charge in [-0.25, -0.2) is 15.0 Å². The van der Waals surface area contributed by atoms with Crippen LogP contribution in [0.15, 0.2) is 18.5 Å². The van der Waals surface area contributed by atoms with E-state index < -0.39 is 0 Å². The van der Waals surface area contributed by atoms with Gasteiger partial charge in [-0.1, -0.05) is 18.0 Å². The van der Waals surface area contributed by atoms with Gasteiger partial charge in [-0.15, -0.1) is 0 Å². The Morgan fingerprint density at radius 3 is 2.71 bits per heavy atom. The molecule has 4 heterocycles. The van der Waals surface area contributed by atoms with Gasteiger partial charge in [-0.3, -0.25) is 4.79 Å². The molecule has 186 valence electrons. The molecule has 1 fully saturated rings. The number of anilines is 2. The Balaban J connectivity index is 1.40. The largest absolute Gasteiger partial charge is 0.495 e. The standard InChI is InChI=1S/C25H31ClN6O3/c1-30(18-12-17(26)19(34-2)13-20(18)35-3)25(33)16-8-7-10-31(14-16)23-22-24(28-15-27-23)32-11-6-4-5-9-21(32)29-22/h12-13,15-16H,4-11,14H2,1-3H3/t16-/m1/s1. The number of rotatable bonds is 5. The Morgan fingerprint density at radius 1 is 1.09 bits per heavy atom. The van der Waals surface area contributed by atoms with E-state index in [0.29, 0.717) is 28.8 Å². The topological polar surface area (TPSA) is 85.6 Å². The molecule has 3 aromatic rings. The lowest BCUT2D eigenvalue weighted by molar-refractivity contribution is -0.122. The highest BCUT2D eigenvalue weighted by Gasteiger charge is 2.32. The molecule has 0 radical (unpaired) electrons. The molecule has 1 saturated heterocycles. The van der Waals surface area contributed by atoms with Gasteiger partial charge in [0.05, 0.1) is 30.8 Å². The number of aryl methyl sites for hydroxylation is 2. The summed E-state index contributed by atoms with van der Waals surface area (Å²) in [6.45, 7) is 2.35. The van der Waals surface area contributed by atoms with E-state index in [-0.39, 0.29) is 11.8 Å². The highest BCUT2D eigenvalue weighted by Crippen LogP contribution is 2.39. The maximum absolute atomic E-state index is 13.6. The Morgan fingerprint density at radius 2 is 1.91 bits per heavy atom. The average Bonchev–Trinajstić information content (AvgIpc) is 3.08. The smallest absolute Gasteiger partial charge is 0.231 e. The Labute approximate surface area is 210 Å². The third-order valence-electron chi connectivity index (χ3n) is 7.09. The second-order valence-electron chi connectivity index (χ2n) is 9.20. The fourth-order valence-electron chi connectivity index (χ4n) is 5.23. The molecule has 9 nitrogen and oxygen atoms in total. The van der Waals surface area contributed by atoms with Crippen molar-refractivity contribution >= 4 is 40.2 Å². The number of hydrogen-bond donors (Lipinski definition) is 0. The molecular weight excluding hydrogens is 468 g/mol. The minimum Gasteiger partial charge on any atom is -0.495 e. The van der Waals surface area contributed by atoms with Gasteiger partial charge in [0.2, 0.25) is 5.91 Å². The number of hydrogen-bond acceptors (Lipinski definition) is 7. The van der Waals surface area contributed by atoms with Crippen LogP contribution in [0, 0.1) is 5.92 Å². The molecule has 0 N–H and O–H groups in total. The van der Waals surface area contributed by atoms with Crippen molar-refractivity contribution in [3.05, 3.63) is 29.3 Å². The van der Waals surface area contributed by atoms with Crippen LogP contribution in [0.1, 0.15) is 37.9 Å². The SMILES string of the molecule is COc1cc(OC)c(N(C)C(=O)[C@@H]2CCCN(c3ncnc4c3nc3n4CCCCC3)C2)cc1Cl. The second-order valence-corrected chi connectivity index (χ2v) is 9.61. The lowest BCUT2D eigenvalue weighted by Crippen LogP contribution is -2.44. The summed E-state index contributed by atoms with van der Waals surface area (Å²) in [5.41, 5.74) is 2.35. The lowest BCUT2D eigenvalue weighted by atomic mass is 9.96. The minimum atomic E-state index is -0.190. The highest BCUT2D eigenvalue weighted by molar-refractivity contribution is 6.32. The third-order valence-corrected chi connectivity index (χ3v) is 7.38. The average molecular weight is 499 g/mol. The van der Waals surface area contributed by atoms with Gasteiger partial charge < -0.3 is 23.8 Å². The van der Waals surface area contributed by atoms with Crippen molar-refractivity contribution in [3.8, 4) is 11.5 Å². The Bertz CT molecular complexity index is 1250. The fraction of sp³-hybridized carbons (Fsp3) is 0.520. The first kappa shape index (κ1) is 23.7. The van der Waals surface area contributed by atoms with E-state index >= 15 is 0 Å². The number of amides is 1. The molecule has 1 amide bonds. The van der Waals surface area contributed by atoms with E-state index in [1.165, 1.54) is 6.42 Å². The molecule has 2 aliphatic rings. The van der Waals surface area contributed by atoms with E-state index in [1.807, 2.05) is 0 Å². The van der Waals surface area contributed by atoms with Crippen LogP contribution in [0.2, 0.25) is 5.02 Å². The number of halogens is 1. The van der Waals surface area contributed by atoms with E-state index in [9.17, 15) is 4.79 Å². The monoisotopic (exact) mass is 498 g/mol. The van der Waals surface area contributed by atoms with Crippen LogP contribution in [0.4, 0.5) is 11.5 Å². The molecule has 0 bridgehead atoms. The van der Waals surface area contributed by atoms with Crippen molar-refractivity contribution in [2.75, 3.05) is 44.2 Å². The molecule has 10 heteroatoms. The summed E-state index contributed by atoms with van der Waals surface area (Å²) >= 11 is 6.36. The summed E-state index contributed by atoms with van der Waals surface area (Å²) in [7, 11) is 4.88. The van der Waals surface area contributed by atoms with Crippen LogP contribution in [0.25, 0.3) is 11.2 Å². The van der Waals surface area contributed by atoms with E-state index in [4.69, 9.17) is 26.1 Å². The van der Waals surface area contributed by atoms with E-state index in [0.717, 1.165) is 68.0 Å². The van der Waals surface area contributed by atoms with Gasteiger partial charge in [0.25, 0.3) is 0 Å². The lowest BCUT2D eigenvalue weighted by Gasteiger charge is -2.35. The summed E-state index contributed by atoms with van der Waals surface area (Å²) in [6.07, 6.45) is 7.80. The van der Waals surface area contributed by atoms with Crippen molar-refractivity contribution in [1.29, 1.82) is 0 Å². The number of imidazole rings is 1. The molecule has 2 aliphatic heterocycles. The van der Waals surface area contributed by atoms with Crippen molar-refractivity contribution in [3.63, 3.8) is 0 Å². The number of carbonyl (C=O) groups is 1. The quantitative estimate of drug-likeness (QED) is 0.523. The molecule has 0 spiro atoms. The number of fused-ring (bicyclic) bond motifs is 3. The van der Waals surface area contributed by atoms with Crippen molar-refractivity contribution in [1.82, 2.24) is 19.5 Å². The summed E-state index contributed by atoms with van der Waals surface area (Å²) in [5.74, 6) is 2.77. The third kappa shape index (κ3) is 4.37. The van der Waals surface area contributed by atoms with Gasteiger partial charge in [0, 0.05) is 39.2 Å². The molecule has 5 rings (SSSR count). The van der Waals surface area contributed by atoms with Gasteiger partial charge in [0.15, 0.2) is 17.0 Å². The van der Waals surface area contributed by atoms with Gasteiger partial charge in [-0.2, -0.15) is 0 Å². The molecule has 35 heavy (non-hydrogen) atoms. The number of benzene rings is 1. The first-order valence-corrected chi connectivity index (χ1v) is 12.5. The van der Waals surface area contributed by atoms with Crippen LogP contribution >= 0.6 is 11.6 Å². The molecule has 0 saturated carbocycles. The zero-order valence-electron chi connectivity index (χ0n) is 20.5. The van der Waals surface area contributed by atoms with Crippen LogP contribution in [-0.4, -0.2) is 59.8 Å². The molecule has 2 aromatic heterocycles. The number of carbonyl (C=O) groups excluding carboxylic acids is 1. The van der Waals surface area contributed by atoms with Gasteiger partial charge in [-0.05, 0) is 31.7 Å². The number of ether oxygens (including phenoxy) is 2. The van der Waals surface area contributed by atoms with Gasteiger partial charge >= 0.3 is 0 Å².